The number of nitrogens with zero attached hydrogens (tertiary/aromatic N) is 2. The first-order chi connectivity index (χ1) is 14.8. The van der Waals surface area contributed by atoms with Crippen LogP contribution in [0.25, 0.3) is 22.1 Å². The fourth-order valence-corrected chi connectivity index (χ4v) is 4.17. The molecular formula is C23H20N2O4S. The highest BCUT2D eigenvalue weighted by Crippen LogP contribution is 2.38. The van der Waals surface area contributed by atoms with Gasteiger partial charge in [0.05, 0.1) is 24.2 Å². The second kappa shape index (κ2) is 8.30. The molecule has 152 valence electrons. The van der Waals surface area contributed by atoms with E-state index >= 15 is 0 Å². The summed E-state index contributed by atoms with van der Waals surface area (Å²) >= 11 is 1.58. The second-order valence-electron chi connectivity index (χ2n) is 7.00. The monoisotopic (exact) mass is 420 g/mol. The second-order valence-corrected chi connectivity index (χ2v) is 7.78. The van der Waals surface area contributed by atoms with Crippen molar-refractivity contribution in [3.8, 4) is 16.9 Å². The van der Waals surface area contributed by atoms with E-state index in [9.17, 15) is 4.79 Å². The van der Waals surface area contributed by atoms with Crippen LogP contribution in [0.3, 0.4) is 0 Å². The van der Waals surface area contributed by atoms with Crippen LogP contribution in [-0.2, 0) is 11.3 Å². The molecule has 2 aromatic carbocycles. The maximum Gasteiger partial charge on any atom is 0.301 e. The van der Waals surface area contributed by atoms with Crippen molar-refractivity contribution in [1.82, 2.24) is 4.98 Å². The molecule has 1 fully saturated rings. The van der Waals surface area contributed by atoms with Gasteiger partial charge in [-0.3, -0.25) is 4.79 Å². The number of aromatic nitrogens is 1. The van der Waals surface area contributed by atoms with E-state index in [2.05, 4.69) is 4.98 Å². The fourth-order valence-electron chi connectivity index (χ4n) is 3.53. The van der Waals surface area contributed by atoms with E-state index in [0.29, 0.717) is 55.6 Å². The van der Waals surface area contributed by atoms with Gasteiger partial charge in [0.2, 0.25) is 0 Å². The van der Waals surface area contributed by atoms with Crippen molar-refractivity contribution in [2.45, 2.75) is 6.61 Å². The highest BCUT2D eigenvalue weighted by molar-refractivity contribution is 7.08. The van der Waals surface area contributed by atoms with Crippen LogP contribution in [0.4, 0.5) is 6.01 Å². The number of thiophene rings is 1. The van der Waals surface area contributed by atoms with Gasteiger partial charge < -0.3 is 18.8 Å². The van der Waals surface area contributed by atoms with Gasteiger partial charge in [-0.25, -0.2) is 0 Å². The number of hydrogen-bond acceptors (Lipinski definition) is 7. The highest BCUT2D eigenvalue weighted by Gasteiger charge is 2.21. The van der Waals surface area contributed by atoms with Gasteiger partial charge in [-0.2, -0.15) is 16.3 Å². The molecule has 0 spiro atoms. The Morgan fingerprint density at radius 1 is 1.07 bits per heavy atom. The van der Waals surface area contributed by atoms with E-state index in [4.69, 9.17) is 13.9 Å². The summed E-state index contributed by atoms with van der Waals surface area (Å²) in [7, 11) is 0. The lowest BCUT2D eigenvalue weighted by molar-refractivity contribution is 0.120. The van der Waals surface area contributed by atoms with Gasteiger partial charge >= 0.3 is 6.01 Å². The lowest BCUT2D eigenvalue weighted by atomic mass is 10.0. The number of fused-ring (bicyclic) bond motifs is 1. The topological polar surface area (TPSA) is 64.8 Å². The Morgan fingerprint density at radius 3 is 2.67 bits per heavy atom. The standard InChI is InChI=1S/C23H20N2O4S/c26-22-18-6-7-19(28-14-16-4-2-1-3-5-16)20(17-8-13-30-15-17)21(18)29-23(24-22)25-9-11-27-12-10-25/h1-8,13,15H,9-12,14H2. The maximum atomic E-state index is 12.8. The molecule has 1 aliphatic rings. The summed E-state index contributed by atoms with van der Waals surface area (Å²) in [6.07, 6.45) is 0. The Bertz CT molecular complexity index is 1200. The van der Waals surface area contributed by atoms with Crippen molar-refractivity contribution in [3.63, 3.8) is 0 Å². The molecule has 4 aromatic rings. The Kier molecular flexibility index (Phi) is 5.21. The molecule has 0 atom stereocenters. The molecule has 7 heteroatoms. The molecule has 6 nitrogen and oxygen atoms in total. The van der Waals surface area contributed by atoms with Gasteiger partial charge in [-0.05, 0) is 40.1 Å². The van der Waals surface area contributed by atoms with E-state index in [0.717, 1.165) is 16.7 Å². The van der Waals surface area contributed by atoms with Crippen LogP contribution in [0.2, 0.25) is 0 Å². The summed E-state index contributed by atoms with van der Waals surface area (Å²) in [5.41, 5.74) is 3.00. The summed E-state index contributed by atoms with van der Waals surface area (Å²) in [6, 6.07) is 15.9. The fraction of sp³-hybridized carbons (Fsp3) is 0.217. The van der Waals surface area contributed by atoms with Crippen LogP contribution < -0.4 is 15.2 Å². The van der Waals surface area contributed by atoms with Crippen molar-refractivity contribution >= 4 is 28.3 Å². The molecule has 0 bridgehead atoms. The smallest absolute Gasteiger partial charge is 0.301 e. The molecule has 3 heterocycles. The molecule has 1 saturated heterocycles. The Morgan fingerprint density at radius 2 is 1.90 bits per heavy atom. The molecular weight excluding hydrogens is 400 g/mol. The van der Waals surface area contributed by atoms with E-state index < -0.39 is 0 Å². The van der Waals surface area contributed by atoms with Gasteiger partial charge in [0.15, 0.2) is 5.58 Å². The predicted molar refractivity (Wildman–Crippen MR) is 117 cm³/mol. The summed E-state index contributed by atoms with van der Waals surface area (Å²) in [4.78, 5) is 18.9. The first-order valence-corrected chi connectivity index (χ1v) is 10.7. The average Bonchev–Trinajstić information content (AvgIpc) is 3.33. The minimum absolute atomic E-state index is 0.302. The molecule has 5 rings (SSSR count). The van der Waals surface area contributed by atoms with E-state index in [-0.39, 0.29) is 5.56 Å². The largest absolute Gasteiger partial charge is 0.488 e. The number of benzene rings is 2. The Labute approximate surface area is 177 Å². The molecule has 1 aliphatic heterocycles. The molecule has 30 heavy (non-hydrogen) atoms. The third-order valence-corrected chi connectivity index (χ3v) is 5.75. The first kappa shape index (κ1) is 18.8. The summed E-state index contributed by atoms with van der Waals surface area (Å²) in [5.74, 6) is 0.673. The first-order valence-electron chi connectivity index (χ1n) is 9.79. The van der Waals surface area contributed by atoms with Crippen LogP contribution in [-0.4, -0.2) is 31.3 Å². The maximum absolute atomic E-state index is 12.8. The Hall–Kier alpha value is -3.16. The molecule has 0 saturated carbocycles. The molecule has 0 aliphatic carbocycles. The van der Waals surface area contributed by atoms with E-state index in [1.165, 1.54) is 0 Å². The van der Waals surface area contributed by atoms with Crippen molar-refractivity contribution in [2.75, 3.05) is 31.2 Å². The Balaban J connectivity index is 1.63. The third kappa shape index (κ3) is 3.69. The summed E-state index contributed by atoms with van der Waals surface area (Å²) < 4.78 is 17.8. The number of anilines is 1. The number of rotatable bonds is 5. The van der Waals surface area contributed by atoms with Gasteiger partial charge in [-0.1, -0.05) is 30.3 Å². The van der Waals surface area contributed by atoms with Crippen LogP contribution in [0.5, 0.6) is 5.75 Å². The van der Waals surface area contributed by atoms with Crippen molar-refractivity contribution in [2.24, 2.45) is 0 Å². The van der Waals surface area contributed by atoms with Crippen LogP contribution in [0, 0.1) is 0 Å². The number of hydrogen-bond donors (Lipinski definition) is 0. The number of morpholine rings is 1. The van der Waals surface area contributed by atoms with Crippen molar-refractivity contribution in [3.05, 3.63) is 75.2 Å². The zero-order valence-corrected chi connectivity index (χ0v) is 17.1. The number of ether oxygens (including phenoxy) is 2. The average molecular weight is 420 g/mol. The van der Waals surface area contributed by atoms with Crippen LogP contribution in [0.15, 0.2) is 68.5 Å². The van der Waals surface area contributed by atoms with Crippen LogP contribution >= 0.6 is 11.3 Å². The minimum Gasteiger partial charge on any atom is -0.488 e. The summed E-state index contributed by atoms with van der Waals surface area (Å²) in [5, 5.41) is 4.47. The SMILES string of the molecule is O=c1nc(N2CCOCC2)oc2c(-c3ccsc3)c(OCc3ccccc3)ccc12. The lowest BCUT2D eigenvalue weighted by Gasteiger charge is -2.26. The highest BCUT2D eigenvalue weighted by atomic mass is 32.1. The van der Waals surface area contributed by atoms with Gasteiger partial charge in [0, 0.05) is 13.1 Å². The van der Waals surface area contributed by atoms with E-state index in [1.807, 2.05) is 58.1 Å². The molecule has 0 radical (unpaired) electrons. The quantitative estimate of drug-likeness (QED) is 0.479. The van der Waals surface area contributed by atoms with Crippen molar-refractivity contribution < 1.29 is 13.9 Å². The van der Waals surface area contributed by atoms with Gasteiger partial charge in [0.25, 0.3) is 5.56 Å². The molecule has 2 aromatic heterocycles. The third-order valence-electron chi connectivity index (χ3n) is 5.07. The lowest BCUT2D eigenvalue weighted by Crippen LogP contribution is -2.37. The minimum atomic E-state index is -0.302. The molecule has 0 amide bonds. The zero-order chi connectivity index (χ0) is 20.3. The predicted octanol–water partition coefficient (Wildman–Crippen LogP) is 4.33. The van der Waals surface area contributed by atoms with Crippen molar-refractivity contribution in [1.29, 1.82) is 0 Å². The molecule has 0 unspecified atom stereocenters. The van der Waals surface area contributed by atoms with Gasteiger partial charge in [-0.15, -0.1) is 0 Å². The van der Waals surface area contributed by atoms with Crippen LogP contribution in [0.1, 0.15) is 5.56 Å². The van der Waals surface area contributed by atoms with E-state index in [1.54, 1.807) is 17.4 Å². The summed E-state index contributed by atoms with van der Waals surface area (Å²) in [6.45, 7) is 2.87. The zero-order valence-electron chi connectivity index (χ0n) is 16.2. The van der Waals surface area contributed by atoms with Gasteiger partial charge in [0.1, 0.15) is 12.4 Å². The normalized spacial score (nSPS) is 14.2. The molecule has 0 N–H and O–H groups in total.